The number of alkyl halides is 1. The Morgan fingerprint density at radius 2 is 1.46 bits per heavy atom. The fourth-order valence-corrected chi connectivity index (χ4v) is 5.11. The van der Waals surface area contributed by atoms with Gasteiger partial charge in [0.15, 0.2) is 6.17 Å². The van der Waals surface area contributed by atoms with E-state index in [9.17, 15) is 0 Å². The predicted molar refractivity (Wildman–Crippen MR) is 155 cm³/mol. The SMILES string of the molecule is CCC1OC(N(Cc2ccc(OC)cc2OC)Cc2ccc(OC)cc2OC)=NC(C)(c2nc(Br)ccc2F)C1F. The molecule has 0 N–H and O–H groups in total. The van der Waals surface area contributed by atoms with E-state index in [1.165, 1.54) is 12.1 Å². The normalized spacial score (nSPS) is 20.1. The fourth-order valence-electron chi connectivity index (χ4n) is 4.80. The first kappa shape index (κ1) is 30.4. The summed E-state index contributed by atoms with van der Waals surface area (Å²) in [6, 6.07) is 13.8. The van der Waals surface area contributed by atoms with Crippen molar-refractivity contribution in [3.05, 3.63) is 75.8 Å². The van der Waals surface area contributed by atoms with Crippen molar-refractivity contribution in [3.8, 4) is 23.0 Å². The Morgan fingerprint density at radius 1 is 0.902 bits per heavy atom. The molecule has 1 aliphatic heterocycles. The zero-order valence-corrected chi connectivity index (χ0v) is 25.5. The highest BCUT2D eigenvalue weighted by atomic mass is 79.9. The van der Waals surface area contributed by atoms with Crippen LogP contribution in [0.25, 0.3) is 0 Å². The van der Waals surface area contributed by atoms with Crippen LogP contribution < -0.4 is 18.9 Å². The molecule has 0 bridgehead atoms. The van der Waals surface area contributed by atoms with Crippen LogP contribution in [0.5, 0.6) is 23.0 Å². The van der Waals surface area contributed by atoms with E-state index in [1.807, 2.05) is 36.1 Å². The first-order valence-corrected chi connectivity index (χ1v) is 13.9. The van der Waals surface area contributed by atoms with E-state index in [0.29, 0.717) is 34.0 Å². The minimum Gasteiger partial charge on any atom is -0.497 e. The number of amidine groups is 1. The van der Waals surface area contributed by atoms with Crippen molar-refractivity contribution < 1.29 is 32.5 Å². The second-order valence-electron chi connectivity index (χ2n) is 9.68. The Morgan fingerprint density at radius 3 is 1.95 bits per heavy atom. The van der Waals surface area contributed by atoms with Gasteiger partial charge in [0.2, 0.25) is 0 Å². The van der Waals surface area contributed by atoms with Gasteiger partial charge in [-0.3, -0.25) is 0 Å². The molecule has 3 atom stereocenters. The van der Waals surface area contributed by atoms with Gasteiger partial charge in [-0.25, -0.2) is 18.8 Å². The zero-order chi connectivity index (χ0) is 29.7. The van der Waals surface area contributed by atoms with Gasteiger partial charge in [-0.1, -0.05) is 6.92 Å². The number of methoxy groups -OCH3 is 4. The summed E-state index contributed by atoms with van der Waals surface area (Å²) in [6.45, 7) is 3.88. The third kappa shape index (κ3) is 6.34. The predicted octanol–water partition coefficient (Wildman–Crippen LogP) is 6.44. The second kappa shape index (κ2) is 12.9. The van der Waals surface area contributed by atoms with Crippen LogP contribution in [0.2, 0.25) is 0 Å². The van der Waals surface area contributed by atoms with Gasteiger partial charge in [0, 0.05) is 23.3 Å². The van der Waals surface area contributed by atoms with Gasteiger partial charge in [0.05, 0.1) is 41.5 Å². The van der Waals surface area contributed by atoms with Crippen LogP contribution in [0.3, 0.4) is 0 Å². The van der Waals surface area contributed by atoms with E-state index in [2.05, 4.69) is 20.9 Å². The summed E-state index contributed by atoms with van der Waals surface area (Å²) in [6.07, 6.45) is -2.22. The van der Waals surface area contributed by atoms with Gasteiger partial charge < -0.3 is 28.6 Å². The average molecular weight is 635 g/mol. The van der Waals surface area contributed by atoms with Crippen LogP contribution in [0.15, 0.2) is 58.1 Å². The van der Waals surface area contributed by atoms with Crippen molar-refractivity contribution in [1.82, 2.24) is 9.88 Å². The van der Waals surface area contributed by atoms with Crippen LogP contribution in [-0.2, 0) is 23.4 Å². The van der Waals surface area contributed by atoms with E-state index in [-0.39, 0.29) is 24.8 Å². The molecular formula is C30H34BrF2N3O5. The van der Waals surface area contributed by atoms with E-state index in [1.54, 1.807) is 47.5 Å². The molecule has 220 valence electrons. The van der Waals surface area contributed by atoms with E-state index >= 15 is 8.78 Å². The molecule has 41 heavy (non-hydrogen) atoms. The van der Waals surface area contributed by atoms with Crippen molar-refractivity contribution in [2.24, 2.45) is 4.99 Å². The molecule has 0 aliphatic carbocycles. The highest BCUT2D eigenvalue weighted by molar-refractivity contribution is 9.10. The summed E-state index contributed by atoms with van der Waals surface area (Å²) in [4.78, 5) is 10.9. The molecule has 0 fully saturated rings. The van der Waals surface area contributed by atoms with Crippen molar-refractivity contribution in [2.75, 3.05) is 28.4 Å². The molecule has 3 unspecified atom stereocenters. The van der Waals surface area contributed by atoms with Crippen molar-refractivity contribution in [3.63, 3.8) is 0 Å². The summed E-state index contributed by atoms with van der Waals surface area (Å²) in [5, 5.41) is 0. The molecule has 0 saturated heterocycles. The quantitative estimate of drug-likeness (QED) is 0.238. The Balaban J connectivity index is 1.86. The molecule has 1 aliphatic rings. The van der Waals surface area contributed by atoms with Crippen LogP contribution >= 0.6 is 15.9 Å². The number of nitrogens with zero attached hydrogens (tertiary/aromatic N) is 3. The highest BCUT2D eigenvalue weighted by Gasteiger charge is 2.49. The Kier molecular flexibility index (Phi) is 9.57. The minimum absolute atomic E-state index is 0.109. The highest BCUT2D eigenvalue weighted by Crippen LogP contribution is 2.40. The molecule has 3 aromatic rings. The Hall–Kier alpha value is -3.60. The number of aromatic nitrogens is 1. The number of benzene rings is 2. The van der Waals surface area contributed by atoms with Gasteiger partial charge >= 0.3 is 0 Å². The molecule has 2 heterocycles. The molecule has 4 rings (SSSR count). The lowest BCUT2D eigenvalue weighted by Gasteiger charge is -2.41. The fraction of sp³-hybridized carbons (Fsp3) is 0.400. The van der Waals surface area contributed by atoms with Crippen LogP contribution in [0, 0.1) is 5.82 Å². The van der Waals surface area contributed by atoms with Gasteiger partial charge in [-0.15, -0.1) is 0 Å². The first-order chi connectivity index (χ1) is 19.7. The Bertz CT molecular complexity index is 1350. The molecule has 8 nitrogen and oxygen atoms in total. The van der Waals surface area contributed by atoms with Gasteiger partial charge in [0.1, 0.15) is 50.8 Å². The van der Waals surface area contributed by atoms with Crippen LogP contribution in [0.1, 0.15) is 37.1 Å². The largest absolute Gasteiger partial charge is 0.497 e. The average Bonchev–Trinajstić information content (AvgIpc) is 2.99. The first-order valence-electron chi connectivity index (χ1n) is 13.1. The third-order valence-corrected chi connectivity index (χ3v) is 7.56. The summed E-state index contributed by atoms with van der Waals surface area (Å²) in [7, 11) is 6.30. The lowest BCUT2D eigenvalue weighted by Crippen LogP contribution is -2.51. The number of hydrogen-bond donors (Lipinski definition) is 0. The lowest BCUT2D eigenvalue weighted by atomic mass is 9.86. The number of rotatable bonds is 10. The molecule has 0 spiro atoms. The van der Waals surface area contributed by atoms with Crippen molar-refractivity contribution in [2.45, 2.75) is 51.2 Å². The minimum atomic E-state index is -1.66. The molecule has 2 aromatic carbocycles. The molecule has 11 heteroatoms. The van der Waals surface area contributed by atoms with Crippen LogP contribution in [-0.4, -0.2) is 56.6 Å². The summed E-state index contributed by atoms with van der Waals surface area (Å²) in [5.74, 6) is 1.79. The number of ether oxygens (including phenoxy) is 5. The summed E-state index contributed by atoms with van der Waals surface area (Å²) >= 11 is 3.29. The third-order valence-electron chi connectivity index (χ3n) is 7.12. The summed E-state index contributed by atoms with van der Waals surface area (Å²) in [5.41, 5.74) is -0.163. The number of hydrogen-bond acceptors (Lipinski definition) is 8. The van der Waals surface area contributed by atoms with E-state index in [0.717, 1.165) is 11.1 Å². The van der Waals surface area contributed by atoms with Crippen molar-refractivity contribution >= 4 is 22.0 Å². The number of aliphatic imine (C=N–C) groups is 1. The maximum absolute atomic E-state index is 16.0. The smallest absolute Gasteiger partial charge is 0.289 e. The standard InChI is InChI=1S/C30H34BrF2N3O5/c1-7-23-27(33)30(2,28-22(32)12-13-26(31)34-28)35-29(41-23)36(16-18-8-10-20(37-3)14-24(18)39-5)17-19-9-11-21(38-4)15-25(19)40-6/h8-15,23,27H,7,16-17H2,1-6H3. The molecule has 0 radical (unpaired) electrons. The van der Waals surface area contributed by atoms with E-state index in [4.69, 9.17) is 28.7 Å². The molecular weight excluding hydrogens is 600 g/mol. The van der Waals surface area contributed by atoms with E-state index < -0.39 is 23.6 Å². The second-order valence-corrected chi connectivity index (χ2v) is 10.5. The van der Waals surface area contributed by atoms with Gasteiger partial charge in [-0.05, 0) is 65.7 Å². The van der Waals surface area contributed by atoms with Gasteiger partial charge in [0.25, 0.3) is 6.02 Å². The molecule has 1 aromatic heterocycles. The number of pyridine rings is 1. The summed E-state index contributed by atoms with van der Waals surface area (Å²) < 4.78 is 59.8. The zero-order valence-electron chi connectivity index (χ0n) is 23.9. The lowest BCUT2D eigenvalue weighted by molar-refractivity contribution is -0.000964. The Labute approximate surface area is 247 Å². The topological polar surface area (TPSA) is 74.6 Å². The van der Waals surface area contributed by atoms with Crippen LogP contribution in [0.4, 0.5) is 8.78 Å². The maximum Gasteiger partial charge on any atom is 0.289 e. The maximum atomic E-state index is 16.0. The van der Waals surface area contributed by atoms with Crippen molar-refractivity contribution in [1.29, 1.82) is 0 Å². The monoisotopic (exact) mass is 633 g/mol. The molecule has 0 amide bonds. The molecule has 0 saturated carbocycles. The number of halogens is 3. The van der Waals surface area contributed by atoms with Gasteiger partial charge in [-0.2, -0.15) is 0 Å².